The van der Waals surface area contributed by atoms with Crippen molar-refractivity contribution in [2.75, 3.05) is 7.11 Å². The second-order valence-electron chi connectivity index (χ2n) is 4.90. The van der Waals surface area contributed by atoms with Crippen LogP contribution in [-0.4, -0.2) is 22.9 Å². The molecule has 2 rings (SSSR count). The largest absolute Gasteiger partial charge is 0.497 e. The normalized spacial score (nSPS) is 11.0. The zero-order valence-electron chi connectivity index (χ0n) is 12.0. The molecule has 0 aliphatic heterocycles. The van der Waals surface area contributed by atoms with Crippen molar-refractivity contribution in [3.63, 3.8) is 0 Å². The molecule has 0 aliphatic rings. The zero-order chi connectivity index (χ0) is 13.8. The molecule has 1 aromatic heterocycles. The first-order chi connectivity index (χ1) is 9.11. The van der Waals surface area contributed by atoms with Crippen molar-refractivity contribution in [2.45, 2.75) is 33.4 Å². The van der Waals surface area contributed by atoms with Crippen molar-refractivity contribution >= 4 is 0 Å². The van der Waals surface area contributed by atoms with Crippen molar-refractivity contribution in [1.82, 2.24) is 15.1 Å². The molecule has 0 spiro atoms. The average molecular weight is 259 g/mol. The van der Waals surface area contributed by atoms with E-state index in [0.717, 1.165) is 23.7 Å². The van der Waals surface area contributed by atoms with Gasteiger partial charge in [-0.15, -0.1) is 0 Å². The lowest BCUT2D eigenvalue weighted by Gasteiger charge is -2.09. The van der Waals surface area contributed by atoms with E-state index in [-0.39, 0.29) is 0 Å². The first-order valence-electron chi connectivity index (χ1n) is 6.53. The second-order valence-corrected chi connectivity index (χ2v) is 4.90. The summed E-state index contributed by atoms with van der Waals surface area (Å²) in [5.41, 5.74) is 3.39. The molecule has 19 heavy (non-hydrogen) atoms. The average Bonchev–Trinajstić information content (AvgIpc) is 2.78. The van der Waals surface area contributed by atoms with Gasteiger partial charge in [0.1, 0.15) is 5.75 Å². The van der Waals surface area contributed by atoms with E-state index in [4.69, 9.17) is 4.74 Å². The number of hydrogen-bond acceptors (Lipinski definition) is 3. The van der Waals surface area contributed by atoms with Gasteiger partial charge in [-0.05, 0) is 19.1 Å². The SMILES string of the molecule is COc1cccc(-n2ncc(CNC(C)C)c2C)c1. The number of benzene rings is 1. The van der Waals surface area contributed by atoms with E-state index in [1.54, 1.807) is 7.11 Å². The van der Waals surface area contributed by atoms with Crippen LogP contribution in [0.25, 0.3) is 5.69 Å². The zero-order valence-corrected chi connectivity index (χ0v) is 12.0. The molecule has 0 aliphatic carbocycles. The summed E-state index contributed by atoms with van der Waals surface area (Å²) < 4.78 is 7.19. The number of ether oxygens (including phenoxy) is 1. The Hall–Kier alpha value is -1.81. The molecule has 0 bridgehead atoms. The van der Waals surface area contributed by atoms with Crippen LogP contribution >= 0.6 is 0 Å². The summed E-state index contributed by atoms with van der Waals surface area (Å²) in [7, 11) is 1.67. The Kier molecular flexibility index (Phi) is 4.22. The smallest absolute Gasteiger partial charge is 0.121 e. The van der Waals surface area contributed by atoms with Crippen molar-refractivity contribution in [3.8, 4) is 11.4 Å². The van der Waals surface area contributed by atoms with Crippen LogP contribution in [0.4, 0.5) is 0 Å². The van der Waals surface area contributed by atoms with Gasteiger partial charge in [-0.2, -0.15) is 5.10 Å². The third-order valence-electron chi connectivity index (χ3n) is 3.11. The lowest BCUT2D eigenvalue weighted by molar-refractivity contribution is 0.414. The van der Waals surface area contributed by atoms with E-state index in [1.807, 2.05) is 35.1 Å². The molecule has 0 amide bonds. The van der Waals surface area contributed by atoms with Crippen LogP contribution in [0.2, 0.25) is 0 Å². The monoisotopic (exact) mass is 259 g/mol. The molecule has 0 radical (unpaired) electrons. The summed E-state index contributed by atoms with van der Waals surface area (Å²) in [6, 6.07) is 8.40. The highest BCUT2D eigenvalue weighted by molar-refractivity contribution is 5.40. The fourth-order valence-corrected chi connectivity index (χ4v) is 1.93. The van der Waals surface area contributed by atoms with Crippen LogP contribution in [0.5, 0.6) is 5.75 Å². The molecule has 0 atom stereocenters. The van der Waals surface area contributed by atoms with Gasteiger partial charge in [0.15, 0.2) is 0 Å². The molecule has 1 aromatic carbocycles. The molecule has 4 heteroatoms. The Bertz CT molecular complexity index is 546. The molecule has 0 unspecified atom stereocenters. The molecular weight excluding hydrogens is 238 g/mol. The van der Waals surface area contributed by atoms with Gasteiger partial charge in [-0.3, -0.25) is 0 Å². The lowest BCUT2D eigenvalue weighted by atomic mass is 10.2. The summed E-state index contributed by atoms with van der Waals surface area (Å²) in [6.07, 6.45) is 1.92. The van der Waals surface area contributed by atoms with E-state index in [0.29, 0.717) is 6.04 Å². The van der Waals surface area contributed by atoms with Gasteiger partial charge in [0.2, 0.25) is 0 Å². The van der Waals surface area contributed by atoms with Gasteiger partial charge in [-0.1, -0.05) is 19.9 Å². The minimum absolute atomic E-state index is 0.472. The van der Waals surface area contributed by atoms with Gasteiger partial charge in [0, 0.05) is 29.9 Å². The minimum Gasteiger partial charge on any atom is -0.497 e. The van der Waals surface area contributed by atoms with E-state index in [1.165, 1.54) is 5.56 Å². The number of aromatic nitrogens is 2. The van der Waals surface area contributed by atoms with Gasteiger partial charge >= 0.3 is 0 Å². The standard InChI is InChI=1S/C15H21N3O/c1-11(2)16-9-13-10-17-18(12(13)3)14-6-5-7-15(8-14)19-4/h5-8,10-11,16H,9H2,1-4H3. The van der Waals surface area contributed by atoms with Crippen LogP contribution in [0.3, 0.4) is 0 Å². The Balaban J connectivity index is 2.25. The maximum atomic E-state index is 5.25. The van der Waals surface area contributed by atoms with Crippen molar-refractivity contribution in [3.05, 3.63) is 41.7 Å². The second kappa shape index (κ2) is 5.89. The Labute approximate surface area is 114 Å². The van der Waals surface area contributed by atoms with Gasteiger partial charge in [0.05, 0.1) is 19.0 Å². The Morgan fingerprint density at radius 1 is 1.37 bits per heavy atom. The fraction of sp³-hybridized carbons (Fsp3) is 0.400. The summed E-state index contributed by atoms with van der Waals surface area (Å²) in [4.78, 5) is 0. The summed E-state index contributed by atoms with van der Waals surface area (Å²) >= 11 is 0. The first-order valence-corrected chi connectivity index (χ1v) is 6.53. The Morgan fingerprint density at radius 3 is 2.84 bits per heavy atom. The summed E-state index contributed by atoms with van der Waals surface area (Å²) in [6.45, 7) is 7.21. The fourth-order valence-electron chi connectivity index (χ4n) is 1.93. The molecular formula is C15H21N3O. The molecule has 1 heterocycles. The molecule has 0 saturated carbocycles. The number of nitrogens with one attached hydrogen (secondary N) is 1. The maximum Gasteiger partial charge on any atom is 0.121 e. The van der Waals surface area contributed by atoms with Gasteiger partial charge < -0.3 is 10.1 Å². The molecule has 0 fully saturated rings. The van der Waals surface area contributed by atoms with Crippen LogP contribution in [0.1, 0.15) is 25.1 Å². The maximum absolute atomic E-state index is 5.25. The van der Waals surface area contributed by atoms with Gasteiger partial charge in [-0.25, -0.2) is 4.68 Å². The minimum atomic E-state index is 0.472. The highest BCUT2D eigenvalue weighted by Crippen LogP contribution is 2.19. The van der Waals surface area contributed by atoms with Crippen LogP contribution in [0, 0.1) is 6.92 Å². The quantitative estimate of drug-likeness (QED) is 0.897. The third-order valence-corrected chi connectivity index (χ3v) is 3.11. The van der Waals surface area contributed by atoms with Crippen LogP contribution in [0.15, 0.2) is 30.5 Å². The van der Waals surface area contributed by atoms with Crippen molar-refractivity contribution < 1.29 is 4.74 Å². The predicted molar refractivity (Wildman–Crippen MR) is 76.8 cm³/mol. The summed E-state index contributed by atoms with van der Waals surface area (Å²) in [5, 5.41) is 7.87. The highest BCUT2D eigenvalue weighted by atomic mass is 16.5. The van der Waals surface area contributed by atoms with Crippen molar-refractivity contribution in [2.24, 2.45) is 0 Å². The van der Waals surface area contributed by atoms with E-state index < -0.39 is 0 Å². The van der Waals surface area contributed by atoms with Crippen molar-refractivity contribution in [1.29, 1.82) is 0 Å². The van der Waals surface area contributed by atoms with Crippen LogP contribution < -0.4 is 10.1 Å². The molecule has 0 saturated heterocycles. The van der Waals surface area contributed by atoms with E-state index >= 15 is 0 Å². The van der Waals surface area contributed by atoms with Crippen LogP contribution in [-0.2, 0) is 6.54 Å². The Morgan fingerprint density at radius 2 is 2.16 bits per heavy atom. The number of hydrogen-bond donors (Lipinski definition) is 1. The van der Waals surface area contributed by atoms with Gasteiger partial charge in [0.25, 0.3) is 0 Å². The molecule has 1 N–H and O–H groups in total. The third kappa shape index (κ3) is 3.15. The molecule has 2 aromatic rings. The summed E-state index contributed by atoms with van der Waals surface area (Å²) in [5.74, 6) is 0.842. The number of rotatable bonds is 5. The predicted octanol–water partition coefficient (Wildman–Crippen LogP) is 2.69. The molecule has 102 valence electrons. The molecule has 4 nitrogen and oxygen atoms in total. The lowest BCUT2D eigenvalue weighted by Crippen LogP contribution is -2.22. The number of nitrogens with zero attached hydrogens (tertiary/aromatic N) is 2. The van der Waals surface area contributed by atoms with E-state index in [2.05, 4.69) is 31.2 Å². The van der Waals surface area contributed by atoms with E-state index in [9.17, 15) is 0 Å². The highest BCUT2D eigenvalue weighted by Gasteiger charge is 2.08. The topological polar surface area (TPSA) is 39.1 Å². The first kappa shape index (κ1) is 13.6. The number of methoxy groups -OCH3 is 1.